The smallest absolute Gasteiger partial charge is 0.139 e. The molecule has 1 heterocycles. The van der Waals surface area contributed by atoms with Gasteiger partial charge in [0.05, 0.1) is 19.8 Å². The summed E-state index contributed by atoms with van der Waals surface area (Å²) in [4.78, 5) is 4.31. The summed E-state index contributed by atoms with van der Waals surface area (Å²) >= 11 is 6.14. The molecule has 4 nitrogen and oxygen atoms in total. The Kier molecular flexibility index (Phi) is 5.39. The van der Waals surface area contributed by atoms with Crippen molar-refractivity contribution in [3.8, 4) is 0 Å². The predicted octanol–water partition coefficient (Wildman–Crippen LogP) is 2.96. The van der Waals surface area contributed by atoms with Gasteiger partial charge in [-0.3, -0.25) is 0 Å². The van der Waals surface area contributed by atoms with E-state index in [0.717, 1.165) is 16.6 Å². The van der Waals surface area contributed by atoms with Gasteiger partial charge in [0, 0.05) is 19.0 Å². The van der Waals surface area contributed by atoms with Gasteiger partial charge in [-0.1, -0.05) is 35.9 Å². The van der Waals surface area contributed by atoms with E-state index in [1.54, 1.807) is 7.11 Å². The number of ether oxygens (including phenoxy) is 2. The molecular weight excluding hydrogens is 264 g/mol. The van der Waals surface area contributed by atoms with Crippen LogP contribution in [-0.4, -0.2) is 38.5 Å². The highest BCUT2D eigenvalue weighted by atomic mass is 35.5. The van der Waals surface area contributed by atoms with Crippen molar-refractivity contribution in [3.05, 3.63) is 35.5 Å². The molecule has 5 heteroatoms. The zero-order valence-electron chi connectivity index (χ0n) is 10.9. The molecule has 0 saturated heterocycles. The Morgan fingerprint density at radius 3 is 2.89 bits per heavy atom. The third-order valence-electron chi connectivity index (χ3n) is 2.68. The summed E-state index contributed by atoms with van der Waals surface area (Å²) in [6.07, 6.45) is 0. The first-order valence-corrected chi connectivity index (χ1v) is 6.55. The molecule has 0 aliphatic heterocycles. The van der Waals surface area contributed by atoms with Gasteiger partial charge in [-0.25, -0.2) is 4.98 Å². The van der Waals surface area contributed by atoms with Crippen LogP contribution in [0.3, 0.4) is 0 Å². The lowest BCUT2D eigenvalue weighted by Crippen LogP contribution is -2.12. The second kappa shape index (κ2) is 7.28. The summed E-state index contributed by atoms with van der Waals surface area (Å²) in [5.41, 5.74) is 0. The van der Waals surface area contributed by atoms with Gasteiger partial charge in [0.1, 0.15) is 11.0 Å². The molecule has 0 spiro atoms. The zero-order valence-corrected chi connectivity index (χ0v) is 11.6. The molecule has 1 N–H and O–H groups in total. The molecule has 102 valence electrons. The van der Waals surface area contributed by atoms with Gasteiger partial charge < -0.3 is 14.8 Å². The summed E-state index contributed by atoms with van der Waals surface area (Å²) < 4.78 is 10.3. The van der Waals surface area contributed by atoms with E-state index in [2.05, 4.69) is 10.3 Å². The molecule has 1 aromatic heterocycles. The van der Waals surface area contributed by atoms with E-state index in [-0.39, 0.29) is 0 Å². The fraction of sp³-hybridized carbons (Fsp3) is 0.357. The summed E-state index contributed by atoms with van der Waals surface area (Å²) in [6.45, 7) is 2.50. The highest BCUT2D eigenvalue weighted by molar-refractivity contribution is 6.34. The first-order chi connectivity index (χ1) is 9.31. The number of fused-ring (bicyclic) bond motifs is 1. The van der Waals surface area contributed by atoms with Crippen LogP contribution in [-0.2, 0) is 9.47 Å². The number of benzene rings is 1. The molecule has 0 aliphatic carbocycles. The van der Waals surface area contributed by atoms with Gasteiger partial charge in [0.2, 0.25) is 0 Å². The molecule has 2 rings (SSSR count). The second-order valence-corrected chi connectivity index (χ2v) is 4.41. The quantitative estimate of drug-likeness (QED) is 0.625. The van der Waals surface area contributed by atoms with Gasteiger partial charge in [-0.15, -0.1) is 0 Å². The van der Waals surface area contributed by atoms with E-state index in [4.69, 9.17) is 21.1 Å². The van der Waals surface area contributed by atoms with Gasteiger partial charge in [0.15, 0.2) is 0 Å². The van der Waals surface area contributed by atoms with E-state index in [1.807, 2.05) is 30.3 Å². The Labute approximate surface area is 117 Å². The average Bonchev–Trinajstić information content (AvgIpc) is 2.43. The Morgan fingerprint density at radius 1 is 1.21 bits per heavy atom. The van der Waals surface area contributed by atoms with Crippen molar-refractivity contribution in [2.24, 2.45) is 0 Å². The SMILES string of the molecule is COCCOCCNc1cc2ccccc2c(Cl)n1. The second-order valence-electron chi connectivity index (χ2n) is 4.05. The number of hydrogen-bond donors (Lipinski definition) is 1. The van der Waals surface area contributed by atoms with Crippen LogP contribution in [0.5, 0.6) is 0 Å². The van der Waals surface area contributed by atoms with Gasteiger partial charge >= 0.3 is 0 Å². The number of halogens is 1. The molecule has 0 fully saturated rings. The highest BCUT2D eigenvalue weighted by Gasteiger charge is 2.02. The van der Waals surface area contributed by atoms with Crippen molar-refractivity contribution in [1.29, 1.82) is 0 Å². The van der Waals surface area contributed by atoms with Crippen molar-refractivity contribution >= 4 is 28.2 Å². The van der Waals surface area contributed by atoms with Crippen LogP contribution in [0.1, 0.15) is 0 Å². The summed E-state index contributed by atoms with van der Waals surface area (Å²) in [6, 6.07) is 9.89. The number of nitrogens with zero attached hydrogens (tertiary/aromatic N) is 1. The van der Waals surface area contributed by atoms with E-state index in [9.17, 15) is 0 Å². The van der Waals surface area contributed by atoms with Crippen molar-refractivity contribution in [1.82, 2.24) is 4.98 Å². The molecule has 0 radical (unpaired) electrons. The van der Waals surface area contributed by atoms with Crippen molar-refractivity contribution in [3.63, 3.8) is 0 Å². The van der Waals surface area contributed by atoms with E-state index in [0.29, 0.717) is 31.5 Å². The van der Waals surface area contributed by atoms with Crippen LogP contribution in [0, 0.1) is 0 Å². The maximum Gasteiger partial charge on any atom is 0.139 e. The fourth-order valence-corrected chi connectivity index (χ4v) is 2.01. The molecule has 2 aromatic rings. The Bertz CT molecular complexity index is 534. The lowest BCUT2D eigenvalue weighted by Gasteiger charge is -2.08. The van der Waals surface area contributed by atoms with Crippen molar-refractivity contribution in [2.45, 2.75) is 0 Å². The van der Waals surface area contributed by atoms with E-state index < -0.39 is 0 Å². The van der Waals surface area contributed by atoms with Gasteiger partial charge in [-0.2, -0.15) is 0 Å². The number of aromatic nitrogens is 1. The maximum absolute atomic E-state index is 6.14. The fourth-order valence-electron chi connectivity index (χ4n) is 1.74. The molecule has 0 aliphatic rings. The van der Waals surface area contributed by atoms with Gasteiger partial charge in [0.25, 0.3) is 0 Å². The molecule has 0 atom stereocenters. The third-order valence-corrected chi connectivity index (χ3v) is 2.97. The minimum absolute atomic E-state index is 0.515. The zero-order chi connectivity index (χ0) is 13.5. The van der Waals surface area contributed by atoms with E-state index >= 15 is 0 Å². The molecule has 1 aromatic carbocycles. The summed E-state index contributed by atoms with van der Waals surface area (Å²) in [5, 5.41) is 5.75. The monoisotopic (exact) mass is 280 g/mol. The summed E-state index contributed by atoms with van der Waals surface area (Å²) in [5.74, 6) is 0.763. The molecule has 0 bridgehead atoms. The normalized spacial score (nSPS) is 10.8. The number of anilines is 1. The maximum atomic E-state index is 6.14. The minimum Gasteiger partial charge on any atom is -0.382 e. The van der Waals surface area contributed by atoms with Crippen LogP contribution >= 0.6 is 11.6 Å². The predicted molar refractivity (Wildman–Crippen MR) is 77.9 cm³/mol. The first-order valence-electron chi connectivity index (χ1n) is 6.17. The lowest BCUT2D eigenvalue weighted by molar-refractivity contribution is 0.0759. The Morgan fingerprint density at radius 2 is 2.05 bits per heavy atom. The lowest BCUT2D eigenvalue weighted by atomic mass is 10.2. The van der Waals surface area contributed by atoms with Crippen LogP contribution < -0.4 is 5.32 Å². The van der Waals surface area contributed by atoms with Crippen LogP contribution in [0.25, 0.3) is 10.8 Å². The standard InChI is InChI=1S/C14H17ClN2O2/c1-18-8-9-19-7-6-16-13-10-11-4-2-3-5-12(11)14(15)17-13/h2-5,10H,6-9H2,1H3,(H,16,17). The molecule has 19 heavy (non-hydrogen) atoms. The third kappa shape index (κ3) is 4.06. The van der Waals surface area contributed by atoms with Crippen molar-refractivity contribution < 1.29 is 9.47 Å². The first kappa shape index (κ1) is 14.1. The Balaban J connectivity index is 1.90. The largest absolute Gasteiger partial charge is 0.382 e. The number of nitrogens with one attached hydrogen (secondary N) is 1. The van der Waals surface area contributed by atoms with Crippen LogP contribution in [0.15, 0.2) is 30.3 Å². The topological polar surface area (TPSA) is 43.4 Å². The summed E-state index contributed by atoms with van der Waals surface area (Å²) in [7, 11) is 1.66. The number of methoxy groups -OCH3 is 1. The van der Waals surface area contributed by atoms with Crippen LogP contribution in [0.2, 0.25) is 5.15 Å². The molecule has 0 amide bonds. The molecule has 0 saturated carbocycles. The Hall–Kier alpha value is -1.36. The van der Waals surface area contributed by atoms with E-state index in [1.165, 1.54) is 0 Å². The van der Waals surface area contributed by atoms with Gasteiger partial charge in [-0.05, 0) is 11.5 Å². The number of rotatable bonds is 7. The minimum atomic E-state index is 0.515. The number of hydrogen-bond acceptors (Lipinski definition) is 4. The highest BCUT2D eigenvalue weighted by Crippen LogP contribution is 2.24. The molecule has 0 unspecified atom stereocenters. The average molecular weight is 281 g/mol. The molecular formula is C14H17ClN2O2. The van der Waals surface area contributed by atoms with Crippen molar-refractivity contribution in [2.75, 3.05) is 38.8 Å². The number of pyridine rings is 1. The van der Waals surface area contributed by atoms with Crippen LogP contribution in [0.4, 0.5) is 5.82 Å².